The smallest absolute Gasteiger partial charge is 0.223 e. The van der Waals surface area contributed by atoms with E-state index in [-0.39, 0.29) is 0 Å². The molecule has 4 heterocycles. The normalized spacial score (nSPS) is 15.6. The summed E-state index contributed by atoms with van der Waals surface area (Å²) >= 11 is 0. The van der Waals surface area contributed by atoms with Crippen LogP contribution in [0.15, 0.2) is 66.9 Å². The van der Waals surface area contributed by atoms with Gasteiger partial charge in [-0.2, -0.15) is 10.5 Å². The number of fused-ring (bicyclic) bond motifs is 2. The number of rotatable bonds is 9. The molecule has 12 nitrogen and oxygen atoms in total. The molecule has 4 aromatic heterocycles. The van der Waals surface area contributed by atoms with Gasteiger partial charge in [0.1, 0.15) is 23.5 Å². The van der Waals surface area contributed by atoms with Crippen LogP contribution in [0.2, 0.25) is 0 Å². The molecule has 12 heteroatoms. The highest BCUT2D eigenvalue weighted by Crippen LogP contribution is 2.29. The zero-order valence-corrected chi connectivity index (χ0v) is 27.6. The van der Waals surface area contributed by atoms with Gasteiger partial charge in [-0.3, -0.25) is 0 Å². The lowest BCUT2D eigenvalue weighted by atomic mass is 10.1. The summed E-state index contributed by atoms with van der Waals surface area (Å²) in [6.07, 6.45) is 8.78. The molecule has 49 heavy (non-hydrogen) atoms. The molecule has 2 fully saturated rings. The van der Waals surface area contributed by atoms with Crippen molar-refractivity contribution in [2.45, 2.75) is 82.8 Å². The van der Waals surface area contributed by atoms with Crippen LogP contribution in [0.1, 0.15) is 86.0 Å². The molecule has 6 aromatic rings. The van der Waals surface area contributed by atoms with Crippen LogP contribution in [0.3, 0.4) is 0 Å². The van der Waals surface area contributed by atoms with Gasteiger partial charge in [0.05, 0.1) is 45.6 Å². The second-order valence-electron chi connectivity index (χ2n) is 12.6. The number of H-pyrrole nitrogens is 1. The van der Waals surface area contributed by atoms with Crippen molar-refractivity contribution in [1.82, 2.24) is 39.5 Å². The second-order valence-corrected chi connectivity index (χ2v) is 12.6. The van der Waals surface area contributed by atoms with E-state index in [1.807, 2.05) is 61.5 Å². The Hall–Kier alpha value is -5.88. The molecule has 2 aromatic carbocycles. The Morgan fingerprint density at radius 1 is 0.796 bits per heavy atom. The highest BCUT2D eigenvalue weighted by molar-refractivity contribution is 5.76. The molecule has 246 valence electrons. The van der Waals surface area contributed by atoms with Gasteiger partial charge in [0.15, 0.2) is 0 Å². The van der Waals surface area contributed by atoms with Gasteiger partial charge in [-0.15, -0.1) is 0 Å². The molecule has 0 bridgehead atoms. The fraction of sp³-hybridized carbons (Fsp3) is 0.351. The van der Waals surface area contributed by atoms with Crippen LogP contribution >= 0.6 is 0 Å². The van der Waals surface area contributed by atoms with Crippen LogP contribution in [0, 0.1) is 29.6 Å². The van der Waals surface area contributed by atoms with Crippen LogP contribution in [0.25, 0.3) is 22.1 Å². The number of nitriles is 2. The van der Waals surface area contributed by atoms with E-state index < -0.39 is 11.8 Å². The molecule has 2 unspecified atom stereocenters. The highest BCUT2D eigenvalue weighted by atomic mass is 15.1. The Morgan fingerprint density at radius 3 is 2.22 bits per heavy atom. The van der Waals surface area contributed by atoms with E-state index in [2.05, 4.69) is 59.2 Å². The molecule has 0 amide bonds. The van der Waals surface area contributed by atoms with Crippen molar-refractivity contribution in [3.63, 3.8) is 0 Å². The minimum Gasteiger partial charge on any atom is -0.351 e. The summed E-state index contributed by atoms with van der Waals surface area (Å²) in [6, 6.07) is 25.0. The molecule has 8 rings (SSSR count). The maximum absolute atomic E-state index is 9.96. The minimum absolute atomic E-state index is 0.431. The molecule has 3 N–H and O–H groups in total. The quantitative estimate of drug-likeness (QED) is 0.152. The standard InChI is InChI=1S/C21H24N6.C16H14N6/c1-3-27-19-11-7-6-10-17(19)25-20(27)16(13-22)18-12-14(2)23-21(26-18)24-15-8-4-5-9-15;17-9-11(15-20-13-3-1-2-4-14(13)21-15)12-7-8-18-16(22-12)19-10-5-6-10/h6-7,10-12,15-16H,3-5,8-9H2,1-2H3,(H,23,24,26);1-4,7-8,10-11H,5-6H2,(H,20,21)(H,18,19,22). The third-order valence-corrected chi connectivity index (χ3v) is 8.94. The van der Waals surface area contributed by atoms with E-state index in [1.54, 1.807) is 12.3 Å². The SMILES string of the molecule is CCn1c(C(C#N)c2cc(C)nc(NC3CCCC3)n2)nc2ccccc21.N#CC(c1ccnc(NC2CC2)n1)c1nc2ccccc2[nH]1. The van der Waals surface area contributed by atoms with Crippen molar-refractivity contribution < 1.29 is 0 Å². The van der Waals surface area contributed by atoms with Crippen molar-refractivity contribution in [2.24, 2.45) is 0 Å². The first-order valence-electron chi connectivity index (χ1n) is 16.9. The van der Waals surface area contributed by atoms with Gasteiger partial charge < -0.3 is 20.2 Å². The molecule has 0 saturated heterocycles. The van der Waals surface area contributed by atoms with E-state index in [4.69, 9.17) is 9.97 Å². The summed E-state index contributed by atoms with van der Waals surface area (Å²) in [7, 11) is 0. The van der Waals surface area contributed by atoms with E-state index >= 15 is 0 Å². The Morgan fingerprint density at radius 2 is 1.49 bits per heavy atom. The number of nitrogens with zero attached hydrogens (tertiary/aromatic N) is 9. The maximum atomic E-state index is 9.96. The van der Waals surface area contributed by atoms with Gasteiger partial charge in [-0.25, -0.2) is 29.9 Å². The Balaban J connectivity index is 0.000000157. The lowest BCUT2D eigenvalue weighted by Gasteiger charge is -2.15. The van der Waals surface area contributed by atoms with Gasteiger partial charge in [-0.1, -0.05) is 37.1 Å². The molecule has 0 spiro atoms. The first kappa shape index (κ1) is 31.7. The average Bonchev–Trinajstić information content (AvgIpc) is 3.44. The third kappa shape index (κ3) is 7.04. The zero-order valence-electron chi connectivity index (χ0n) is 27.6. The highest BCUT2D eigenvalue weighted by Gasteiger charge is 2.26. The van der Waals surface area contributed by atoms with Gasteiger partial charge in [0.2, 0.25) is 11.9 Å². The number of benzene rings is 2. The van der Waals surface area contributed by atoms with Gasteiger partial charge in [0, 0.05) is 30.5 Å². The zero-order chi connectivity index (χ0) is 33.7. The molecular weight excluding hydrogens is 612 g/mol. The second kappa shape index (κ2) is 14.1. The fourth-order valence-corrected chi connectivity index (χ4v) is 6.35. The Labute approximate surface area is 284 Å². The topological polar surface area (TPSA) is 170 Å². The number of imidazole rings is 2. The molecule has 2 atom stereocenters. The van der Waals surface area contributed by atoms with E-state index in [0.717, 1.165) is 65.8 Å². The van der Waals surface area contributed by atoms with Crippen LogP contribution < -0.4 is 10.6 Å². The van der Waals surface area contributed by atoms with Crippen molar-refractivity contribution in [3.05, 3.63) is 95.6 Å². The lowest BCUT2D eigenvalue weighted by molar-refractivity contribution is 0.700. The predicted molar refractivity (Wildman–Crippen MR) is 188 cm³/mol. The molecule has 2 aliphatic rings. The lowest BCUT2D eigenvalue weighted by Crippen LogP contribution is -2.18. The van der Waals surface area contributed by atoms with E-state index in [9.17, 15) is 10.5 Å². The summed E-state index contributed by atoms with van der Waals surface area (Å²) in [5.74, 6) is 1.50. The maximum Gasteiger partial charge on any atom is 0.223 e. The van der Waals surface area contributed by atoms with Gasteiger partial charge in [0.25, 0.3) is 0 Å². The number of aryl methyl sites for hydroxylation is 2. The number of hydrogen-bond acceptors (Lipinski definition) is 10. The molecule has 2 aliphatic carbocycles. The van der Waals surface area contributed by atoms with Crippen molar-refractivity contribution in [1.29, 1.82) is 10.5 Å². The van der Waals surface area contributed by atoms with Gasteiger partial charge in [-0.05, 0) is 75.9 Å². The number of aromatic nitrogens is 8. The minimum atomic E-state index is -0.532. The number of anilines is 2. The average molecular weight is 651 g/mol. The molecule has 0 radical (unpaired) electrons. The van der Waals surface area contributed by atoms with Crippen molar-refractivity contribution in [2.75, 3.05) is 10.6 Å². The van der Waals surface area contributed by atoms with Crippen LogP contribution in [0.5, 0.6) is 0 Å². The Bertz CT molecular complexity index is 2130. The third-order valence-electron chi connectivity index (χ3n) is 8.94. The summed E-state index contributed by atoms with van der Waals surface area (Å²) in [6.45, 7) is 4.78. The summed E-state index contributed by atoms with van der Waals surface area (Å²) in [5, 5.41) is 26.2. The predicted octanol–water partition coefficient (Wildman–Crippen LogP) is 6.75. The number of nitrogens with one attached hydrogen (secondary N) is 3. The van der Waals surface area contributed by atoms with E-state index in [1.165, 1.54) is 12.8 Å². The molecule has 0 aliphatic heterocycles. The van der Waals surface area contributed by atoms with Crippen molar-refractivity contribution >= 4 is 34.0 Å². The summed E-state index contributed by atoms with van der Waals surface area (Å²) in [4.78, 5) is 30.4. The van der Waals surface area contributed by atoms with Crippen molar-refractivity contribution in [3.8, 4) is 12.1 Å². The first-order chi connectivity index (χ1) is 24.0. The van der Waals surface area contributed by atoms with Crippen LogP contribution in [-0.2, 0) is 6.54 Å². The summed E-state index contributed by atoms with van der Waals surface area (Å²) in [5.41, 5.74) is 5.94. The first-order valence-corrected chi connectivity index (χ1v) is 16.9. The Kier molecular flexibility index (Phi) is 9.11. The fourth-order valence-electron chi connectivity index (χ4n) is 6.35. The van der Waals surface area contributed by atoms with E-state index in [0.29, 0.717) is 41.2 Å². The largest absolute Gasteiger partial charge is 0.351 e. The van der Waals surface area contributed by atoms with Gasteiger partial charge >= 0.3 is 0 Å². The van der Waals surface area contributed by atoms with Crippen LogP contribution in [-0.4, -0.2) is 51.5 Å². The molecular formula is C37H38N12. The molecule has 2 saturated carbocycles. The number of aromatic amines is 1. The van der Waals surface area contributed by atoms with Crippen LogP contribution in [0.4, 0.5) is 11.9 Å². The number of para-hydroxylation sites is 4. The summed E-state index contributed by atoms with van der Waals surface area (Å²) < 4.78 is 2.10. The monoisotopic (exact) mass is 650 g/mol. The number of hydrogen-bond donors (Lipinski definition) is 3.